The first-order chi connectivity index (χ1) is 9.52. The summed E-state index contributed by atoms with van der Waals surface area (Å²) in [6.07, 6.45) is 0. The van der Waals surface area contributed by atoms with Gasteiger partial charge in [0.1, 0.15) is 0 Å². The van der Waals surface area contributed by atoms with E-state index in [9.17, 15) is 9.18 Å². The first-order valence-corrected chi connectivity index (χ1v) is 6.23. The molecule has 0 aromatic heterocycles. The number of amides is 1. The molecule has 0 aliphatic rings. The van der Waals surface area contributed by atoms with Crippen LogP contribution in [0.5, 0.6) is 0 Å². The molecule has 3 nitrogen and oxygen atoms in total. The number of hydrogen-bond donors (Lipinski definition) is 1. The molecule has 0 unspecified atom stereocenters. The van der Waals surface area contributed by atoms with Crippen LogP contribution in [-0.4, -0.2) is 5.91 Å². The zero-order chi connectivity index (χ0) is 14.7. The molecule has 0 aliphatic carbocycles. The first-order valence-electron chi connectivity index (χ1n) is 5.48. The molecule has 0 bridgehead atoms. The molecule has 2 aromatic carbocycles. The topological polar surface area (TPSA) is 52.9 Å². The molecule has 2 aromatic rings. The van der Waals surface area contributed by atoms with Gasteiger partial charge in [-0.2, -0.15) is 5.26 Å². The summed E-state index contributed by atoms with van der Waals surface area (Å²) < 4.78 is 13.7. The summed E-state index contributed by atoms with van der Waals surface area (Å²) in [5.74, 6) is -1.46. The summed E-state index contributed by atoms with van der Waals surface area (Å²) in [6, 6.07) is 10.4. The number of halogens is 3. The SMILES string of the molecule is N#Cc1ccc(NC(=O)c2cccc(Cl)c2F)c(Cl)c1. The lowest BCUT2D eigenvalue weighted by Crippen LogP contribution is -2.14. The predicted octanol–water partition coefficient (Wildman–Crippen LogP) is 4.26. The fourth-order valence-electron chi connectivity index (χ4n) is 1.55. The number of anilines is 1. The maximum atomic E-state index is 13.7. The fraction of sp³-hybridized carbons (Fsp3) is 0. The number of benzene rings is 2. The van der Waals surface area contributed by atoms with Crippen LogP contribution < -0.4 is 5.32 Å². The van der Waals surface area contributed by atoms with Crippen molar-refractivity contribution in [3.8, 4) is 6.07 Å². The van der Waals surface area contributed by atoms with Crippen LogP contribution >= 0.6 is 23.2 Å². The zero-order valence-electron chi connectivity index (χ0n) is 9.95. The number of nitrogens with one attached hydrogen (secondary N) is 1. The molecule has 0 radical (unpaired) electrons. The summed E-state index contributed by atoms with van der Waals surface area (Å²) in [5.41, 5.74) is 0.468. The second-order valence-electron chi connectivity index (χ2n) is 3.86. The van der Waals surface area contributed by atoms with Gasteiger partial charge in [0.2, 0.25) is 0 Å². The van der Waals surface area contributed by atoms with E-state index >= 15 is 0 Å². The van der Waals surface area contributed by atoms with Crippen molar-refractivity contribution < 1.29 is 9.18 Å². The second-order valence-corrected chi connectivity index (χ2v) is 4.68. The Balaban J connectivity index is 2.29. The number of rotatable bonds is 2. The van der Waals surface area contributed by atoms with Gasteiger partial charge in [-0.3, -0.25) is 4.79 Å². The van der Waals surface area contributed by atoms with Gasteiger partial charge in [0.05, 0.1) is 32.9 Å². The minimum atomic E-state index is -0.795. The minimum absolute atomic E-state index is 0.136. The Kier molecular flexibility index (Phi) is 4.23. The van der Waals surface area contributed by atoms with E-state index in [-0.39, 0.29) is 21.3 Å². The highest BCUT2D eigenvalue weighted by molar-refractivity contribution is 6.34. The van der Waals surface area contributed by atoms with E-state index in [1.54, 1.807) is 0 Å². The number of carbonyl (C=O) groups excluding carboxylic acids is 1. The molecule has 0 spiro atoms. The molecule has 0 saturated carbocycles. The van der Waals surface area contributed by atoms with E-state index < -0.39 is 11.7 Å². The first kappa shape index (κ1) is 14.3. The third-order valence-electron chi connectivity index (χ3n) is 2.54. The Hall–Kier alpha value is -2.09. The maximum Gasteiger partial charge on any atom is 0.258 e. The van der Waals surface area contributed by atoms with E-state index in [1.807, 2.05) is 6.07 Å². The summed E-state index contributed by atoms with van der Waals surface area (Å²) in [6.45, 7) is 0. The summed E-state index contributed by atoms with van der Waals surface area (Å²) in [5, 5.41) is 11.2. The average molecular weight is 309 g/mol. The van der Waals surface area contributed by atoms with Crippen LogP contribution in [0.25, 0.3) is 0 Å². The van der Waals surface area contributed by atoms with Crippen molar-refractivity contribution in [1.82, 2.24) is 0 Å². The molecule has 0 heterocycles. The van der Waals surface area contributed by atoms with Crippen LogP contribution in [0.2, 0.25) is 10.0 Å². The quantitative estimate of drug-likeness (QED) is 0.901. The zero-order valence-corrected chi connectivity index (χ0v) is 11.5. The highest BCUT2D eigenvalue weighted by Gasteiger charge is 2.15. The van der Waals surface area contributed by atoms with Gasteiger partial charge in [-0.05, 0) is 30.3 Å². The Morgan fingerprint density at radius 2 is 1.95 bits per heavy atom. The van der Waals surface area contributed by atoms with Crippen molar-refractivity contribution in [2.75, 3.05) is 5.32 Å². The van der Waals surface area contributed by atoms with Crippen molar-refractivity contribution in [1.29, 1.82) is 5.26 Å². The number of nitriles is 1. The van der Waals surface area contributed by atoms with Crippen LogP contribution in [0, 0.1) is 17.1 Å². The van der Waals surface area contributed by atoms with Gasteiger partial charge in [0, 0.05) is 0 Å². The van der Waals surface area contributed by atoms with E-state index in [4.69, 9.17) is 28.5 Å². The molecule has 6 heteroatoms. The lowest BCUT2D eigenvalue weighted by atomic mass is 10.1. The molecule has 1 N–H and O–H groups in total. The Morgan fingerprint density at radius 3 is 2.60 bits per heavy atom. The van der Waals surface area contributed by atoms with Crippen molar-refractivity contribution in [3.63, 3.8) is 0 Å². The van der Waals surface area contributed by atoms with E-state index in [0.717, 1.165) is 0 Å². The Bertz CT molecular complexity index is 726. The summed E-state index contributed by atoms with van der Waals surface area (Å²) in [4.78, 5) is 12.0. The van der Waals surface area contributed by atoms with Crippen LogP contribution in [-0.2, 0) is 0 Å². The lowest BCUT2D eigenvalue weighted by molar-refractivity contribution is 0.102. The van der Waals surface area contributed by atoms with Gasteiger partial charge in [0.15, 0.2) is 5.82 Å². The lowest BCUT2D eigenvalue weighted by Gasteiger charge is -2.08. The normalized spacial score (nSPS) is 9.90. The summed E-state index contributed by atoms with van der Waals surface area (Å²) in [7, 11) is 0. The molecule has 100 valence electrons. The maximum absolute atomic E-state index is 13.7. The fourth-order valence-corrected chi connectivity index (χ4v) is 1.96. The minimum Gasteiger partial charge on any atom is -0.321 e. The summed E-state index contributed by atoms with van der Waals surface area (Å²) >= 11 is 11.5. The molecular weight excluding hydrogens is 302 g/mol. The smallest absolute Gasteiger partial charge is 0.258 e. The number of carbonyl (C=O) groups is 1. The Labute approximate surface area is 124 Å². The molecule has 0 fully saturated rings. The molecule has 0 aliphatic heterocycles. The standard InChI is InChI=1S/C14H7Cl2FN2O/c15-10-3-1-2-9(13(10)17)14(20)19-12-5-4-8(7-18)6-11(12)16/h1-6H,(H,19,20). The van der Waals surface area contributed by atoms with Gasteiger partial charge >= 0.3 is 0 Å². The second kappa shape index (κ2) is 5.91. The molecule has 0 atom stereocenters. The molecule has 20 heavy (non-hydrogen) atoms. The molecule has 2 rings (SSSR count). The molecular formula is C14H7Cl2FN2O. The van der Waals surface area contributed by atoms with Gasteiger partial charge in [-0.25, -0.2) is 4.39 Å². The van der Waals surface area contributed by atoms with Crippen LogP contribution in [0.15, 0.2) is 36.4 Å². The highest BCUT2D eigenvalue weighted by Crippen LogP contribution is 2.24. The number of nitrogens with zero attached hydrogens (tertiary/aromatic N) is 1. The van der Waals surface area contributed by atoms with Gasteiger partial charge in [-0.15, -0.1) is 0 Å². The predicted molar refractivity (Wildman–Crippen MR) is 75.5 cm³/mol. The van der Waals surface area contributed by atoms with Gasteiger partial charge in [0.25, 0.3) is 5.91 Å². The van der Waals surface area contributed by atoms with Gasteiger partial charge < -0.3 is 5.32 Å². The van der Waals surface area contributed by atoms with Crippen LogP contribution in [0.1, 0.15) is 15.9 Å². The molecule has 1 amide bonds. The van der Waals surface area contributed by atoms with Gasteiger partial charge in [-0.1, -0.05) is 29.3 Å². The third kappa shape index (κ3) is 2.90. The van der Waals surface area contributed by atoms with Crippen LogP contribution in [0.3, 0.4) is 0 Å². The molecule has 0 saturated heterocycles. The van der Waals surface area contributed by atoms with Crippen molar-refractivity contribution in [3.05, 3.63) is 63.4 Å². The van der Waals surface area contributed by atoms with E-state index in [0.29, 0.717) is 5.56 Å². The average Bonchev–Trinajstić information content (AvgIpc) is 2.44. The monoisotopic (exact) mass is 308 g/mol. The van der Waals surface area contributed by atoms with Crippen molar-refractivity contribution in [2.45, 2.75) is 0 Å². The third-order valence-corrected chi connectivity index (χ3v) is 3.15. The van der Waals surface area contributed by atoms with Crippen LogP contribution in [0.4, 0.5) is 10.1 Å². The van der Waals surface area contributed by atoms with E-state index in [1.165, 1.54) is 36.4 Å². The van der Waals surface area contributed by atoms with E-state index in [2.05, 4.69) is 5.32 Å². The largest absolute Gasteiger partial charge is 0.321 e. The van der Waals surface area contributed by atoms with Crippen molar-refractivity contribution in [2.24, 2.45) is 0 Å². The number of hydrogen-bond acceptors (Lipinski definition) is 2. The highest BCUT2D eigenvalue weighted by atomic mass is 35.5. The Morgan fingerprint density at radius 1 is 1.20 bits per heavy atom. The van der Waals surface area contributed by atoms with Crippen molar-refractivity contribution >= 4 is 34.8 Å².